The van der Waals surface area contributed by atoms with E-state index in [-0.39, 0.29) is 30.3 Å². The molecule has 1 aromatic carbocycles. The third-order valence-corrected chi connectivity index (χ3v) is 4.22. The third kappa shape index (κ3) is 4.09. The minimum absolute atomic E-state index is 0. The second-order valence-electron chi connectivity index (χ2n) is 6.05. The van der Waals surface area contributed by atoms with Crippen molar-refractivity contribution < 1.29 is 14.3 Å². The molecule has 0 aliphatic carbocycles. The van der Waals surface area contributed by atoms with Gasteiger partial charge in [0.05, 0.1) is 18.2 Å². The molecule has 1 fully saturated rings. The fourth-order valence-electron chi connectivity index (χ4n) is 3.12. The third-order valence-electron chi connectivity index (χ3n) is 4.22. The summed E-state index contributed by atoms with van der Waals surface area (Å²) in [7, 11) is 0. The van der Waals surface area contributed by atoms with Crippen molar-refractivity contribution in [3.05, 3.63) is 17.7 Å². The van der Waals surface area contributed by atoms with Crippen LogP contribution in [0.25, 0.3) is 0 Å². The highest BCUT2D eigenvalue weighted by atomic mass is 35.5. The fourth-order valence-corrected chi connectivity index (χ4v) is 3.12. The molecule has 0 spiro atoms. The number of rotatable bonds is 4. The second kappa shape index (κ2) is 7.88. The number of benzene rings is 1. The smallest absolute Gasteiger partial charge is 0.228 e. The molecule has 5 nitrogen and oxygen atoms in total. The first-order valence-corrected chi connectivity index (χ1v) is 8.15. The predicted octanol–water partition coefficient (Wildman–Crippen LogP) is 2.77. The first-order chi connectivity index (χ1) is 10.7. The number of anilines is 1. The molecule has 0 bridgehead atoms. The number of carbonyl (C=O) groups is 1. The zero-order valence-corrected chi connectivity index (χ0v) is 14.5. The topological polar surface area (TPSA) is 59.6 Å². The van der Waals surface area contributed by atoms with E-state index in [1.165, 1.54) is 0 Å². The fraction of sp³-hybridized carbons (Fsp3) is 0.588. The van der Waals surface area contributed by atoms with Crippen LogP contribution in [0.4, 0.5) is 5.69 Å². The molecule has 6 heteroatoms. The Kier molecular flexibility index (Phi) is 6.13. The number of hydrogen-bond donors (Lipinski definition) is 2. The summed E-state index contributed by atoms with van der Waals surface area (Å²) in [5.41, 5.74) is 1.86. The van der Waals surface area contributed by atoms with E-state index in [1.54, 1.807) is 0 Å². The maximum Gasteiger partial charge on any atom is 0.228 e. The van der Waals surface area contributed by atoms with Crippen LogP contribution < -0.4 is 20.1 Å². The first-order valence-electron chi connectivity index (χ1n) is 8.15. The number of halogens is 1. The Morgan fingerprint density at radius 3 is 3.00 bits per heavy atom. The SMILES string of the molecule is CCOc1cc2c(cc1NC(=O)C1CCCNC1)OC(C)C2.Cl. The van der Waals surface area contributed by atoms with Gasteiger partial charge < -0.3 is 20.1 Å². The highest BCUT2D eigenvalue weighted by Crippen LogP contribution is 2.38. The summed E-state index contributed by atoms with van der Waals surface area (Å²) in [5.74, 6) is 1.67. The number of piperidine rings is 1. The quantitative estimate of drug-likeness (QED) is 0.884. The molecule has 2 N–H and O–H groups in total. The largest absolute Gasteiger partial charge is 0.492 e. The van der Waals surface area contributed by atoms with Crippen LogP contribution in [0.5, 0.6) is 11.5 Å². The Morgan fingerprint density at radius 2 is 2.30 bits per heavy atom. The zero-order chi connectivity index (χ0) is 15.5. The summed E-state index contributed by atoms with van der Waals surface area (Å²) in [5, 5.41) is 6.30. The van der Waals surface area contributed by atoms with Gasteiger partial charge in [0.25, 0.3) is 0 Å². The van der Waals surface area contributed by atoms with E-state index in [4.69, 9.17) is 9.47 Å². The molecular weight excluding hydrogens is 316 g/mol. The molecule has 2 aliphatic heterocycles. The Morgan fingerprint density at radius 1 is 1.48 bits per heavy atom. The molecular formula is C17H25ClN2O3. The van der Waals surface area contributed by atoms with Crippen molar-refractivity contribution in [3.63, 3.8) is 0 Å². The molecule has 1 saturated heterocycles. The van der Waals surface area contributed by atoms with Crippen LogP contribution >= 0.6 is 12.4 Å². The van der Waals surface area contributed by atoms with E-state index in [0.717, 1.165) is 49.4 Å². The number of ether oxygens (including phenoxy) is 2. The van der Waals surface area contributed by atoms with E-state index in [0.29, 0.717) is 12.3 Å². The summed E-state index contributed by atoms with van der Waals surface area (Å²) in [4.78, 5) is 12.4. The van der Waals surface area contributed by atoms with Crippen LogP contribution in [0.2, 0.25) is 0 Å². The summed E-state index contributed by atoms with van der Waals surface area (Å²) in [6.45, 7) is 6.31. The molecule has 2 aliphatic rings. The van der Waals surface area contributed by atoms with Gasteiger partial charge >= 0.3 is 0 Å². The van der Waals surface area contributed by atoms with Crippen molar-refractivity contribution in [1.29, 1.82) is 0 Å². The maximum atomic E-state index is 12.4. The molecule has 0 saturated carbocycles. The van der Waals surface area contributed by atoms with Gasteiger partial charge in [-0.2, -0.15) is 0 Å². The van der Waals surface area contributed by atoms with Gasteiger partial charge in [0.1, 0.15) is 17.6 Å². The lowest BCUT2D eigenvalue weighted by Crippen LogP contribution is -2.37. The molecule has 23 heavy (non-hydrogen) atoms. The second-order valence-corrected chi connectivity index (χ2v) is 6.05. The highest BCUT2D eigenvalue weighted by Gasteiger charge is 2.25. The Hall–Kier alpha value is -1.46. The average Bonchev–Trinajstić information content (AvgIpc) is 2.87. The number of hydrogen-bond acceptors (Lipinski definition) is 4. The Labute approximate surface area is 143 Å². The summed E-state index contributed by atoms with van der Waals surface area (Å²) >= 11 is 0. The molecule has 0 aromatic heterocycles. The maximum absolute atomic E-state index is 12.4. The van der Waals surface area contributed by atoms with Gasteiger partial charge in [-0.3, -0.25) is 4.79 Å². The van der Waals surface area contributed by atoms with Crippen molar-refractivity contribution in [1.82, 2.24) is 5.32 Å². The standard InChI is InChI=1S/C17H24N2O3.ClH/c1-3-21-16-8-13-7-11(2)22-15(13)9-14(16)19-17(20)12-5-4-6-18-10-12;/h8-9,11-12,18H,3-7,10H2,1-2H3,(H,19,20);1H. The van der Waals surface area contributed by atoms with Crippen molar-refractivity contribution in [2.75, 3.05) is 25.0 Å². The van der Waals surface area contributed by atoms with Gasteiger partial charge in [-0.25, -0.2) is 0 Å². The van der Waals surface area contributed by atoms with Crippen LogP contribution in [0.15, 0.2) is 12.1 Å². The van der Waals surface area contributed by atoms with Crippen LogP contribution in [-0.2, 0) is 11.2 Å². The van der Waals surface area contributed by atoms with Crippen molar-refractivity contribution in [3.8, 4) is 11.5 Å². The first kappa shape index (κ1) is 17.9. The average molecular weight is 341 g/mol. The van der Waals surface area contributed by atoms with Gasteiger partial charge in [0.15, 0.2) is 0 Å². The van der Waals surface area contributed by atoms with Crippen LogP contribution in [0.3, 0.4) is 0 Å². The van der Waals surface area contributed by atoms with E-state index in [1.807, 2.05) is 26.0 Å². The number of carbonyl (C=O) groups excluding carboxylic acids is 1. The lowest BCUT2D eigenvalue weighted by atomic mass is 9.98. The zero-order valence-electron chi connectivity index (χ0n) is 13.7. The van der Waals surface area contributed by atoms with Crippen LogP contribution in [0.1, 0.15) is 32.3 Å². The van der Waals surface area contributed by atoms with Crippen molar-refractivity contribution in [2.45, 2.75) is 39.2 Å². The summed E-state index contributed by atoms with van der Waals surface area (Å²) < 4.78 is 11.5. The van der Waals surface area contributed by atoms with E-state index >= 15 is 0 Å². The molecule has 128 valence electrons. The van der Waals surface area contributed by atoms with Gasteiger partial charge in [0, 0.05) is 24.6 Å². The van der Waals surface area contributed by atoms with Gasteiger partial charge in [0.2, 0.25) is 5.91 Å². The van der Waals surface area contributed by atoms with E-state index < -0.39 is 0 Å². The lowest BCUT2D eigenvalue weighted by molar-refractivity contribution is -0.120. The number of amides is 1. The molecule has 2 atom stereocenters. The number of fused-ring (bicyclic) bond motifs is 1. The monoisotopic (exact) mass is 340 g/mol. The van der Waals surface area contributed by atoms with Crippen molar-refractivity contribution >= 4 is 24.0 Å². The lowest BCUT2D eigenvalue weighted by Gasteiger charge is -2.22. The minimum atomic E-state index is 0. The van der Waals surface area contributed by atoms with E-state index in [2.05, 4.69) is 10.6 Å². The van der Waals surface area contributed by atoms with Crippen LogP contribution in [-0.4, -0.2) is 31.7 Å². The molecule has 3 rings (SSSR count). The van der Waals surface area contributed by atoms with Gasteiger partial charge in [-0.15, -0.1) is 12.4 Å². The number of nitrogens with one attached hydrogen (secondary N) is 2. The highest BCUT2D eigenvalue weighted by molar-refractivity contribution is 5.94. The molecule has 1 aromatic rings. The van der Waals surface area contributed by atoms with E-state index in [9.17, 15) is 4.79 Å². The van der Waals surface area contributed by atoms with Gasteiger partial charge in [-0.05, 0) is 39.3 Å². The molecule has 0 radical (unpaired) electrons. The molecule has 1 amide bonds. The molecule has 2 heterocycles. The summed E-state index contributed by atoms with van der Waals surface area (Å²) in [6, 6.07) is 3.90. The van der Waals surface area contributed by atoms with Crippen molar-refractivity contribution in [2.24, 2.45) is 5.92 Å². The minimum Gasteiger partial charge on any atom is -0.492 e. The Bertz CT molecular complexity index is 559. The summed E-state index contributed by atoms with van der Waals surface area (Å²) in [6.07, 6.45) is 3.04. The normalized spacial score (nSPS) is 22.5. The van der Waals surface area contributed by atoms with Crippen LogP contribution in [0, 0.1) is 5.92 Å². The predicted molar refractivity (Wildman–Crippen MR) is 92.9 cm³/mol. The Balaban J connectivity index is 0.00000192. The van der Waals surface area contributed by atoms with Gasteiger partial charge in [-0.1, -0.05) is 0 Å². The molecule has 2 unspecified atom stereocenters.